The van der Waals surface area contributed by atoms with E-state index in [4.69, 9.17) is 17.3 Å². The van der Waals surface area contributed by atoms with Crippen molar-refractivity contribution in [3.8, 4) is 0 Å². The van der Waals surface area contributed by atoms with E-state index < -0.39 is 46.9 Å². The Balaban J connectivity index is 2.37. The van der Waals surface area contributed by atoms with Crippen LogP contribution in [0, 0.1) is 0 Å². The number of rotatable bonds is 4. The van der Waals surface area contributed by atoms with Gasteiger partial charge in [0.2, 0.25) is 0 Å². The molecule has 0 bridgehead atoms. The van der Waals surface area contributed by atoms with Crippen LogP contribution in [0.3, 0.4) is 0 Å². The van der Waals surface area contributed by atoms with Gasteiger partial charge < -0.3 is 15.5 Å². The number of hydrogen-bond acceptors (Lipinski definition) is 5. The number of nitrogens with two attached hydrogens (primary N) is 1. The molecule has 2 aromatic carbocycles. The van der Waals surface area contributed by atoms with Crippen LogP contribution in [-0.2, 0) is 9.53 Å². The van der Waals surface area contributed by atoms with E-state index in [2.05, 4.69) is 9.72 Å². The third kappa shape index (κ3) is 4.82. The number of aromatic nitrogens is 1. The van der Waals surface area contributed by atoms with Crippen LogP contribution in [0.25, 0.3) is 10.9 Å². The molecule has 3 N–H and O–H groups in total. The molecule has 0 fully saturated rings. The fourth-order valence-electron chi connectivity index (χ4n) is 3.06. The minimum absolute atomic E-state index is 0.0234. The van der Waals surface area contributed by atoms with Gasteiger partial charge in [0.25, 0.3) is 5.91 Å². The highest BCUT2D eigenvalue weighted by molar-refractivity contribution is 6.31. The molecule has 1 atom stereocenters. The topological polar surface area (TPSA) is 123 Å². The molecular weight excluding hydrogens is 467 g/mol. The molecule has 0 spiro atoms. The predicted octanol–water partition coefficient (Wildman–Crippen LogP) is 3.53. The van der Waals surface area contributed by atoms with Crippen molar-refractivity contribution in [2.24, 2.45) is 5.73 Å². The number of benzene rings is 2. The third-order valence-electron chi connectivity index (χ3n) is 4.67. The smallest absolute Gasteiger partial charge is 0.446 e. The van der Waals surface area contributed by atoms with Crippen molar-refractivity contribution in [3.05, 3.63) is 80.6 Å². The summed E-state index contributed by atoms with van der Waals surface area (Å²) < 4.78 is 43.7. The van der Waals surface area contributed by atoms with Gasteiger partial charge in [-0.05, 0) is 23.8 Å². The van der Waals surface area contributed by atoms with Crippen molar-refractivity contribution in [2.45, 2.75) is 12.3 Å². The van der Waals surface area contributed by atoms with E-state index in [1.807, 2.05) is 0 Å². The van der Waals surface area contributed by atoms with Gasteiger partial charge in [0, 0.05) is 17.5 Å². The summed E-state index contributed by atoms with van der Waals surface area (Å²) in [6.07, 6.45) is -7.32. The number of halogens is 4. The van der Waals surface area contributed by atoms with E-state index in [0.29, 0.717) is 4.90 Å². The maximum absolute atomic E-state index is 13.4. The van der Waals surface area contributed by atoms with Crippen molar-refractivity contribution in [1.82, 2.24) is 9.88 Å². The summed E-state index contributed by atoms with van der Waals surface area (Å²) in [5, 5.41) is 0.146. The standard InChI is InChI=1S/C21H15ClF3N3O5/c1-28(20(26)32)18(30)15-14(16(29)12-8-7-11(22)9-13(12)27-15)17(10-5-3-2-4-6-10)33-19(31)21(23,24)25/h2-9,17H,1H3,(H2,26,32)(H,27,29). The number of alkyl halides is 3. The molecule has 3 amide bonds. The highest BCUT2D eigenvalue weighted by Crippen LogP contribution is 2.31. The van der Waals surface area contributed by atoms with Gasteiger partial charge in [-0.25, -0.2) is 9.59 Å². The summed E-state index contributed by atoms with van der Waals surface area (Å²) in [5.74, 6) is -3.71. The van der Waals surface area contributed by atoms with Crippen molar-refractivity contribution < 1.29 is 32.3 Å². The molecule has 12 heteroatoms. The van der Waals surface area contributed by atoms with Gasteiger partial charge in [-0.3, -0.25) is 14.5 Å². The van der Waals surface area contributed by atoms with E-state index in [9.17, 15) is 32.3 Å². The number of imide groups is 1. The lowest BCUT2D eigenvalue weighted by Gasteiger charge is -2.23. The largest absolute Gasteiger partial charge is 0.490 e. The summed E-state index contributed by atoms with van der Waals surface area (Å²) in [6.45, 7) is 0. The van der Waals surface area contributed by atoms with Crippen molar-refractivity contribution in [2.75, 3.05) is 7.05 Å². The molecule has 0 saturated heterocycles. The molecule has 0 aliphatic heterocycles. The average molecular weight is 482 g/mol. The van der Waals surface area contributed by atoms with Crippen LogP contribution >= 0.6 is 11.6 Å². The van der Waals surface area contributed by atoms with Crippen LogP contribution in [-0.4, -0.2) is 41.0 Å². The van der Waals surface area contributed by atoms with E-state index in [1.54, 1.807) is 6.07 Å². The molecule has 3 aromatic rings. The van der Waals surface area contributed by atoms with Gasteiger partial charge in [0.1, 0.15) is 5.69 Å². The molecule has 8 nitrogen and oxygen atoms in total. The quantitative estimate of drug-likeness (QED) is 0.552. The molecule has 3 rings (SSSR count). The molecule has 0 radical (unpaired) electrons. The molecular formula is C21H15ClF3N3O5. The summed E-state index contributed by atoms with van der Waals surface area (Å²) in [6, 6.07) is 9.82. The molecule has 1 unspecified atom stereocenters. The van der Waals surface area contributed by atoms with E-state index in [-0.39, 0.29) is 21.5 Å². The highest BCUT2D eigenvalue weighted by Gasteiger charge is 2.44. The number of hydrogen-bond donors (Lipinski definition) is 2. The summed E-state index contributed by atoms with van der Waals surface area (Å²) in [5.41, 5.74) is 3.05. The fourth-order valence-corrected chi connectivity index (χ4v) is 3.23. The lowest BCUT2D eigenvalue weighted by atomic mass is 9.96. The lowest BCUT2D eigenvalue weighted by molar-refractivity contribution is -0.203. The summed E-state index contributed by atoms with van der Waals surface area (Å²) >= 11 is 5.95. The Morgan fingerprint density at radius 3 is 2.33 bits per heavy atom. The molecule has 1 heterocycles. The molecule has 0 aliphatic carbocycles. The second kappa shape index (κ2) is 8.94. The zero-order valence-corrected chi connectivity index (χ0v) is 17.5. The molecule has 33 heavy (non-hydrogen) atoms. The van der Waals surface area contributed by atoms with Crippen LogP contribution in [0.2, 0.25) is 5.02 Å². The van der Waals surface area contributed by atoms with Crippen LogP contribution in [0.5, 0.6) is 0 Å². The van der Waals surface area contributed by atoms with Crippen molar-refractivity contribution >= 4 is 40.4 Å². The zero-order valence-electron chi connectivity index (χ0n) is 16.8. The molecule has 172 valence electrons. The first-order valence-electron chi connectivity index (χ1n) is 9.17. The zero-order chi connectivity index (χ0) is 24.5. The summed E-state index contributed by atoms with van der Waals surface area (Å²) in [7, 11) is 1.01. The number of fused-ring (bicyclic) bond motifs is 1. The van der Waals surface area contributed by atoms with Gasteiger partial charge in [-0.15, -0.1) is 0 Å². The number of amides is 3. The maximum atomic E-state index is 13.4. The minimum atomic E-state index is -5.38. The van der Waals surface area contributed by atoms with Crippen LogP contribution < -0.4 is 11.2 Å². The minimum Gasteiger partial charge on any atom is -0.446 e. The third-order valence-corrected chi connectivity index (χ3v) is 4.90. The average Bonchev–Trinajstić information content (AvgIpc) is 2.76. The SMILES string of the molecule is CN(C(N)=O)C(=O)c1[nH]c2cc(Cl)ccc2c(=O)c1C(OC(=O)C(F)(F)F)c1ccccc1. The molecule has 0 saturated carbocycles. The number of aromatic amines is 1. The van der Waals surface area contributed by atoms with Crippen molar-refractivity contribution in [1.29, 1.82) is 0 Å². The first-order chi connectivity index (χ1) is 15.4. The van der Waals surface area contributed by atoms with Crippen LogP contribution in [0.4, 0.5) is 18.0 Å². The van der Waals surface area contributed by atoms with Gasteiger partial charge >= 0.3 is 18.2 Å². The number of primary amides is 1. The lowest BCUT2D eigenvalue weighted by Crippen LogP contribution is -2.40. The van der Waals surface area contributed by atoms with Gasteiger partial charge in [-0.2, -0.15) is 13.2 Å². The Morgan fingerprint density at radius 1 is 1.12 bits per heavy atom. The molecule has 1 aromatic heterocycles. The Bertz CT molecular complexity index is 1310. The van der Waals surface area contributed by atoms with Crippen LogP contribution in [0.15, 0.2) is 53.3 Å². The monoisotopic (exact) mass is 481 g/mol. The first kappa shape index (κ1) is 23.8. The number of ether oxygens (including phenoxy) is 1. The number of nitrogens with one attached hydrogen (secondary N) is 1. The first-order valence-corrected chi connectivity index (χ1v) is 9.55. The Hall–Kier alpha value is -3.86. The molecule has 0 aliphatic rings. The number of H-pyrrole nitrogens is 1. The van der Waals surface area contributed by atoms with Gasteiger partial charge in [0.15, 0.2) is 11.5 Å². The Labute approximate surface area is 188 Å². The van der Waals surface area contributed by atoms with Crippen LogP contribution in [0.1, 0.15) is 27.7 Å². The number of esters is 1. The number of carbonyl (C=O) groups is 3. The van der Waals surface area contributed by atoms with Gasteiger partial charge in [-0.1, -0.05) is 41.9 Å². The van der Waals surface area contributed by atoms with E-state index >= 15 is 0 Å². The van der Waals surface area contributed by atoms with E-state index in [1.165, 1.54) is 42.5 Å². The second-order valence-electron chi connectivity index (χ2n) is 6.83. The number of carbonyl (C=O) groups excluding carboxylic acids is 3. The Morgan fingerprint density at radius 2 is 1.76 bits per heavy atom. The van der Waals surface area contributed by atoms with Crippen molar-refractivity contribution in [3.63, 3.8) is 0 Å². The summed E-state index contributed by atoms with van der Waals surface area (Å²) in [4.78, 5) is 52.7. The normalized spacial score (nSPS) is 12.3. The van der Waals surface area contributed by atoms with E-state index in [0.717, 1.165) is 7.05 Å². The number of pyridine rings is 1. The number of urea groups is 1. The fraction of sp³-hybridized carbons (Fsp3) is 0.143. The van der Waals surface area contributed by atoms with Gasteiger partial charge in [0.05, 0.1) is 11.1 Å². The Kier molecular flexibility index (Phi) is 6.45. The maximum Gasteiger partial charge on any atom is 0.490 e. The second-order valence-corrected chi connectivity index (χ2v) is 7.27. The highest BCUT2D eigenvalue weighted by atomic mass is 35.5. The number of nitrogens with zero attached hydrogens (tertiary/aromatic N) is 1. The predicted molar refractivity (Wildman–Crippen MR) is 112 cm³/mol.